The monoisotopic (exact) mass is 385 g/mol. The van der Waals surface area contributed by atoms with Crippen LogP contribution in [0.25, 0.3) is 22.9 Å². The third-order valence-corrected chi connectivity index (χ3v) is 5.51. The zero-order valence-corrected chi connectivity index (χ0v) is 17.3. The molecule has 0 heterocycles. The number of nitrogens with zero attached hydrogens (tertiary/aromatic N) is 2. The van der Waals surface area contributed by atoms with Crippen LogP contribution >= 0.6 is 0 Å². The highest BCUT2D eigenvalue weighted by atomic mass is 16.5. The molecule has 1 aliphatic carbocycles. The van der Waals surface area contributed by atoms with E-state index in [0.717, 1.165) is 36.6 Å². The molecule has 1 aliphatic rings. The van der Waals surface area contributed by atoms with Crippen molar-refractivity contribution in [3.8, 4) is 5.75 Å². The second kappa shape index (κ2) is 8.00. The minimum Gasteiger partial charge on any atom is -0.494 e. The Hall–Kier alpha value is -3.27. The molecule has 3 aromatic rings. The number of anilines is 2. The molecule has 4 nitrogen and oxygen atoms in total. The number of hydrogen-bond acceptors (Lipinski definition) is 2. The van der Waals surface area contributed by atoms with Crippen LogP contribution in [0, 0.1) is 5.41 Å². The Morgan fingerprint density at radius 1 is 0.931 bits per heavy atom. The number of unbranched alkanes of at least 4 members (excludes halogenated alkanes) is 1. The Balaban J connectivity index is 1.54. The van der Waals surface area contributed by atoms with Crippen molar-refractivity contribution in [2.24, 2.45) is 0 Å². The van der Waals surface area contributed by atoms with Gasteiger partial charge in [0.25, 0.3) is 0 Å². The zero-order valence-electron chi connectivity index (χ0n) is 17.3. The van der Waals surface area contributed by atoms with E-state index in [1.165, 1.54) is 21.9 Å². The smallest absolute Gasteiger partial charge is 0.202 e. The lowest BCUT2D eigenvalue weighted by atomic mass is 10.0. The Morgan fingerprint density at radius 2 is 1.72 bits per heavy atom. The molecule has 148 valence electrons. The van der Waals surface area contributed by atoms with Gasteiger partial charge in [-0.25, -0.2) is 0 Å². The van der Waals surface area contributed by atoms with Crippen molar-refractivity contribution >= 4 is 40.3 Å². The second-order valence-corrected chi connectivity index (χ2v) is 7.41. The van der Waals surface area contributed by atoms with Crippen molar-refractivity contribution in [2.75, 3.05) is 30.5 Å². The van der Waals surface area contributed by atoms with Crippen LogP contribution in [0.2, 0.25) is 0 Å². The fourth-order valence-electron chi connectivity index (χ4n) is 3.76. The number of ether oxygens (including phenoxy) is 1. The lowest BCUT2D eigenvalue weighted by Crippen LogP contribution is -2.39. The van der Waals surface area contributed by atoms with Crippen molar-refractivity contribution in [3.63, 3.8) is 0 Å². The third-order valence-electron chi connectivity index (χ3n) is 5.51. The predicted octanol–water partition coefficient (Wildman–Crippen LogP) is 6.01. The standard InChI is InChI=1S/C25H27N3O/c1-4-5-17-29-21-13-11-20(12-14-21)27(2)25(26)28(3)23-16-10-19-8-6-7-18-9-15-22(23)24(18)19/h6-16,26H,4-5,17H2,1-3H3. The molecule has 4 heteroatoms. The molecule has 3 aromatic carbocycles. The lowest BCUT2D eigenvalue weighted by Gasteiger charge is -2.29. The zero-order chi connectivity index (χ0) is 20.4. The van der Waals surface area contributed by atoms with Crippen molar-refractivity contribution in [2.45, 2.75) is 19.8 Å². The molecule has 0 aliphatic heterocycles. The maximum Gasteiger partial charge on any atom is 0.202 e. The van der Waals surface area contributed by atoms with Gasteiger partial charge < -0.3 is 14.5 Å². The number of rotatable bonds is 6. The first kappa shape index (κ1) is 19.1. The van der Waals surface area contributed by atoms with Crippen LogP contribution in [0.3, 0.4) is 0 Å². The van der Waals surface area contributed by atoms with E-state index in [9.17, 15) is 0 Å². The Labute approximate surface area is 172 Å². The molecule has 0 radical (unpaired) electrons. The fraction of sp³-hybridized carbons (Fsp3) is 0.240. The molecule has 29 heavy (non-hydrogen) atoms. The summed E-state index contributed by atoms with van der Waals surface area (Å²) in [6.45, 7) is 2.90. The van der Waals surface area contributed by atoms with Gasteiger partial charge in [-0.05, 0) is 53.1 Å². The summed E-state index contributed by atoms with van der Waals surface area (Å²) in [5.41, 5.74) is 4.41. The fourth-order valence-corrected chi connectivity index (χ4v) is 3.76. The van der Waals surface area contributed by atoms with E-state index >= 15 is 0 Å². The van der Waals surface area contributed by atoms with Gasteiger partial charge in [-0.2, -0.15) is 0 Å². The summed E-state index contributed by atoms with van der Waals surface area (Å²) in [6.07, 6.45) is 6.48. The average Bonchev–Trinajstić information content (AvgIpc) is 3.19. The van der Waals surface area contributed by atoms with Crippen LogP contribution < -0.4 is 14.5 Å². The van der Waals surface area contributed by atoms with Gasteiger partial charge in [0.1, 0.15) is 5.75 Å². The number of hydrogen-bond donors (Lipinski definition) is 1. The molecule has 0 saturated heterocycles. The molecule has 0 saturated carbocycles. The van der Waals surface area contributed by atoms with Gasteiger partial charge in [-0.15, -0.1) is 0 Å². The predicted molar refractivity (Wildman–Crippen MR) is 124 cm³/mol. The molecule has 0 unspecified atom stereocenters. The number of benzene rings is 3. The largest absolute Gasteiger partial charge is 0.494 e. The summed E-state index contributed by atoms with van der Waals surface area (Å²) in [5.74, 6) is 1.29. The van der Waals surface area contributed by atoms with Gasteiger partial charge in [-0.1, -0.05) is 49.8 Å². The highest BCUT2D eigenvalue weighted by Gasteiger charge is 2.19. The highest BCUT2D eigenvalue weighted by Crippen LogP contribution is 2.37. The summed E-state index contributed by atoms with van der Waals surface area (Å²) in [7, 11) is 3.88. The van der Waals surface area contributed by atoms with Gasteiger partial charge in [0.2, 0.25) is 5.96 Å². The first-order chi connectivity index (χ1) is 14.1. The van der Waals surface area contributed by atoms with Gasteiger partial charge in [0.15, 0.2) is 0 Å². The van der Waals surface area contributed by atoms with Crippen LogP contribution in [0.1, 0.15) is 30.9 Å². The van der Waals surface area contributed by atoms with Gasteiger partial charge in [-0.3, -0.25) is 5.41 Å². The van der Waals surface area contributed by atoms with E-state index in [1.807, 2.05) is 48.2 Å². The molecule has 0 amide bonds. The average molecular weight is 386 g/mol. The molecule has 0 atom stereocenters. The molecule has 0 fully saturated rings. The Bertz CT molecular complexity index is 1070. The van der Waals surface area contributed by atoms with E-state index in [4.69, 9.17) is 10.1 Å². The van der Waals surface area contributed by atoms with Crippen LogP contribution in [0.15, 0.2) is 54.6 Å². The minimum atomic E-state index is 0.415. The van der Waals surface area contributed by atoms with Crippen molar-refractivity contribution in [1.82, 2.24) is 0 Å². The van der Waals surface area contributed by atoms with E-state index < -0.39 is 0 Å². The van der Waals surface area contributed by atoms with E-state index in [-0.39, 0.29) is 0 Å². The molecular weight excluding hydrogens is 358 g/mol. The van der Waals surface area contributed by atoms with Crippen LogP contribution in [0.5, 0.6) is 5.75 Å². The number of nitrogens with one attached hydrogen (secondary N) is 1. The van der Waals surface area contributed by atoms with E-state index in [1.54, 1.807) is 0 Å². The van der Waals surface area contributed by atoms with Gasteiger partial charge in [0, 0.05) is 25.3 Å². The lowest BCUT2D eigenvalue weighted by molar-refractivity contribution is 0.309. The molecule has 0 bridgehead atoms. The van der Waals surface area contributed by atoms with Crippen molar-refractivity contribution < 1.29 is 4.74 Å². The third kappa shape index (κ3) is 3.58. The van der Waals surface area contributed by atoms with Gasteiger partial charge in [0.05, 0.1) is 12.3 Å². The molecule has 4 rings (SSSR count). The van der Waals surface area contributed by atoms with E-state index in [0.29, 0.717) is 5.96 Å². The first-order valence-electron chi connectivity index (χ1n) is 10.1. The SMILES string of the molecule is CCCCOc1ccc(N(C)C(=N)N(C)c2ccc3cccc4c3c2C=C4)cc1. The first-order valence-corrected chi connectivity index (χ1v) is 10.1. The molecule has 0 spiro atoms. The minimum absolute atomic E-state index is 0.415. The summed E-state index contributed by atoms with van der Waals surface area (Å²) < 4.78 is 5.75. The van der Waals surface area contributed by atoms with Crippen molar-refractivity contribution in [1.29, 1.82) is 5.41 Å². The van der Waals surface area contributed by atoms with Gasteiger partial charge >= 0.3 is 0 Å². The summed E-state index contributed by atoms with van der Waals surface area (Å²) in [6, 6.07) is 18.6. The van der Waals surface area contributed by atoms with E-state index in [2.05, 4.69) is 49.4 Å². The van der Waals surface area contributed by atoms with Crippen LogP contribution in [-0.2, 0) is 0 Å². The maximum absolute atomic E-state index is 8.76. The molecule has 1 N–H and O–H groups in total. The highest BCUT2D eigenvalue weighted by molar-refractivity contribution is 6.12. The molecule has 0 aromatic heterocycles. The summed E-state index contributed by atoms with van der Waals surface area (Å²) in [4.78, 5) is 3.82. The van der Waals surface area contributed by atoms with Crippen molar-refractivity contribution in [3.05, 3.63) is 65.7 Å². The van der Waals surface area contributed by atoms with Crippen LogP contribution in [-0.4, -0.2) is 26.7 Å². The Morgan fingerprint density at radius 3 is 2.48 bits per heavy atom. The summed E-state index contributed by atoms with van der Waals surface area (Å²) in [5, 5.41) is 11.3. The van der Waals surface area contributed by atoms with Crippen LogP contribution in [0.4, 0.5) is 11.4 Å². The quantitative estimate of drug-likeness (QED) is 0.251. The Kier molecular flexibility index (Phi) is 5.26. The molecular formula is C25H27N3O. The topological polar surface area (TPSA) is 39.6 Å². The second-order valence-electron chi connectivity index (χ2n) is 7.41. The summed E-state index contributed by atoms with van der Waals surface area (Å²) >= 11 is 0. The number of guanidine groups is 1. The normalized spacial score (nSPS) is 11.7. The maximum atomic E-state index is 8.76.